The van der Waals surface area contributed by atoms with Crippen LogP contribution < -0.4 is 5.32 Å². The minimum atomic E-state index is 0.477. The average molecular weight is 266 g/mol. The number of piperidine rings is 2. The summed E-state index contributed by atoms with van der Waals surface area (Å²) in [5, 5.41) is 3.58. The SMILES string of the molecule is CCCC1CCN(CC(C)(C)C2CCCNC2)CC1. The standard InChI is InChI=1S/C17H34N2/c1-4-6-15-8-11-19(12-9-15)14-17(2,3)16-7-5-10-18-13-16/h15-16,18H,4-14H2,1-3H3. The Kier molecular flexibility index (Phi) is 5.70. The van der Waals surface area contributed by atoms with Gasteiger partial charge in [-0.2, -0.15) is 0 Å². The van der Waals surface area contributed by atoms with Gasteiger partial charge in [0.05, 0.1) is 0 Å². The molecule has 1 unspecified atom stereocenters. The topological polar surface area (TPSA) is 15.3 Å². The first-order valence-corrected chi connectivity index (χ1v) is 8.55. The zero-order valence-electron chi connectivity index (χ0n) is 13.4. The molecule has 2 heterocycles. The predicted molar refractivity (Wildman–Crippen MR) is 83.4 cm³/mol. The van der Waals surface area contributed by atoms with Gasteiger partial charge < -0.3 is 10.2 Å². The van der Waals surface area contributed by atoms with E-state index in [9.17, 15) is 0 Å². The molecule has 2 nitrogen and oxygen atoms in total. The van der Waals surface area contributed by atoms with Gasteiger partial charge in [-0.3, -0.25) is 0 Å². The molecule has 2 saturated heterocycles. The van der Waals surface area contributed by atoms with Crippen molar-refractivity contribution in [3.63, 3.8) is 0 Å². The largest absolute Gasteiger partial charge is 0.316 e. The molecule has 2 heteroatoms. The van der Waals surface area contributed by atoms with Gasteiger partial charge in [0.1, 0.15) is 0 Å². The number of hydrogen-bond acceptors (Lipinski definition) is 2. The van der Waals surface area contributed by atoms with E-state index < -0.39 is 0 Å². The second-order valence-corrected chi connectivity index (χ2v) is 7.54. The molecule has 0 spiro atoms. The van der Waals surface area contributed by atoms with Gasteiger partial charge in [-0.25, -0.2) is 0 Å². The van der Waals surface area contributed by atoms with Crippen LogP contribution in [0.3, 0.4) is 0 Å². The molecule has 0 aromatic rings. The van der Waals surface area contributed by atoms with Crippen molar-refractivity contribution in [1.82, 2.24) is 10.2 Å². The molecule has 0 aromatic carbocycles. The van der Waals surface area contributed by atoms with E-state index in [1.165, 1.54) is 71.2 Å². The van der Waals surface area contributed by atoms with E-state index in [2.05, 4.69) is 31.0 Å². The normalized spacial score (nSPS) is 27.6. The third kappa shape index (κ3) is 4.46. The maximum absolute atomic E-state index is 3.58. The number of hydrogen-bond donors (Lipinski definition) is 1. The van der Waals surface area contributed by atoms with Crippen LogP contribution in [0, 0.1) is 17.3 Å². The highest BCUT2D eigenvalue weighted by Gasteiger charge is 2.33. The highest BCUT2D eigenvalue weighted by molar-refractivity contribution is 4.86. The summed E-state index contributed by atoms with van der Waals surface area (Å²) >= 11 is 0. The number of nitrogens with zero attached hydrogens (tertiary/aromatic N) is 1. The Bertz CT molecular complexity index is 248. The van der Waals surface area contributed by atoms with Gasteiger partial charge >= 0.3 is 0 Å². The first-order chi connectivity index (χ1) is 9.12. The van der Waals surface area contributed by atoms with Crippen LogP contribution in [0.15, 0.2) is 0 Å². The highest BCUT2D eigenvalue weighted by Crippen LogP contribution is 2.34. The van der Waals surface area contributed by atoms with Crippen molar-refractivity contribution >= 4 is 0 Å². The van der Waals surface area contributed by atoms with Crippen molar-refractivity contribution in [3.8, 4) is 0 Å². The Morgan fingerprint density at radius 1 is 1.16 bits per heavy atom. The van der Waals surface area contributed by atoms with Crippen LogP contribution in [0.1, 0.15) is 59.3 Å². The fourth-order valence-electron chi connectivity index (χ4n) is 4.07. The van der Waals surface area contributed by atoms with Gasteiger partial charge in [0.15, 0.2) is 0 Å². The van der Waals surface area contributed by atoms with Crippen molar-refractivity contribution in [2.75, 3.05) is 32.7 Å². The summed E-state index contributed by atoms with van der Waals surface area (Å²) in [5.41, 5.74) is 0.477. The van der Waals surface area contributed by atoms with Gasteiger partial charge in [-0.05, 0) is 69.1 Å². The molecule has 2 aliphatic heterocycles. The monoisotopic (exact) mass is 266 g/mol. The molecule has 0 saturated carbocycles. The Labute approximate surface area is 120 Å². The summed E-state index contributed by atoms with van der Waals surface area (Å²) in [6, 6.07) is 0. The lowest BCUT2D eigenvalue weighted by Crippen LogP contribution is -2.46. The molecule has 2 rings (SSSR count). The second kappa shape index (κ2) is 7.08. The predicted octanol–water partition coefficient (Wildman–Crippen LogP) is 3.52. The Morgan fingerprint density at radius 2 is 1.89 bits per heavy atom. The molecule has 19 heavy (non-hydrogen) atoms. The average Bonchev–Trinajstić information content (AvgIpc) is 2.42. The zero-order chi connectivity index (χ0) is 13.7. The molecule has 0 bridgehead atoms. The molecule has 0 aliphatic carbocycles. The molecular formula is C17H34N2. The van der Waals surface area contributed by atoms with Crippen LogP contribution in [0.5, 0.6) is 0 Å². The van der Waals surface area contributed by atoms with E-state index in [0.29, 0.717) is 5.41 Å². The van der Waals surface area contributed by atoms with E-state index in [4.69, 9.17) is 0 Å². The Hall–Kier alpha value is -0.0800. The summed E-state index contributed by atoms with van der Waals surface area (Å²) in [6.45, 7) is 13.8. The van der Waals surface area contributed by atoms with Gasteiger partial charge in [-0.1, -0.05) is 33.6 Å². The first-order valence-electron chi connectivity index (χ1n) is 8.55. The molecule has 112 valence electrons. The molecule has 2 fully saturated rings. The lowest BCUT2D eigenvalue weighted by Gasteiger charge is -2.42. The maximum atomic E-state index is 3.58. The van der Waals surface area contributed by atoms with Crippen LogP contribution >= 0.6 is 0 Å². The van der Waals surface area contributed by atoms with Gasteiger partial charge in [0, 0.05) is 6.54 Å². The Morgan fingerprint density at radius 3 is 2.47 bits per heavy atom. The van der Waals surface area contributed by atoms with E-state index in [1.807, 2.05) is 0 Å². The highest BCUT2D eigenvalue weighted by atomic mass is 15.1. The fourth-order valence-corrected chi connectivity index (χ4v) is 4.07. The van der Waals surface area contributed by atoms with Crippen molar-refractivity contribution in [1.29, 1.82) is 0 Å². The van der Waals surface area contributed by atoms with Crippen LogP contribution in [0.4, 0.5) is 0 Å². The molecule has 1 N–H and O–H groups in total. The lowest BCUT2D eigenvalue weighted by molar-refractivity contribution is 0.0760. The summed E-state index contributed by atoms with van der Waals surface area (Å²) in [7, 11) is 0. The van der Waals surface area contributed by atoms with Crippen molar-refractivity contribution in [2.24, 2.45) is 17.3 Å². The zero-order valence-corrected chi connectivity index (χ0v) is 13.4. The molecule has 2 aliphatic rings. The number of likely N-dealkylation sites (tertiary alicyclic amines) is 1. The molecular weight excluding hydrogens is 232 g/mol. The van der Waals surface area contributed by atoms with Crippen LogP contribution in [0.25, 0.3) is 0 Å². The summed E-state index contributed by atoms with van der Waals surface area (Å²) in [6.07, 6.45) is 8.48. The minimum absolute atomic E-state index is 0.477. The number of rotatable bonds is 5. The van der Waals surface area contributed by atoms with E-state index in [-0.39, 0.29) is 0 Å². The number of nitrogens with one attached hydrogen (secondary N) is 1. The van der Waals surface area contributed by atoms with E-state index in [1.54, 1.807) is 0 Å². The van der Waals surface area contributed by atoms with E-state index >= 15 is 0 Å². The maximum Gasteiger partial charge on any atom is 0.00358 e. The lowest BCUT2D eigenvalue weighted by atomic mass is 9.74. The first kappa shape index (κ1) is 15.3. The smallest absolute Gasteiger partial charge is 0.00358 e. The molecule has 0 aromatic heterocycles. The fraction of sp³-hybridized carbons (Fsp3) is 1.00. The van der Waals surface area contributed by atoms with Crippen molar-refractivity contribution < 1.29 is 0 Å². The van der Waals surface area contributed by atoms with Crippen LogP contribution in [-0.4, -0.2) is 37.6 Å². The third-order valence-corrected chi connectivity index (χ3v) is 5.44. The molecule has 1 atom stereocenters. The van der Waals surface area contributed by atoms with Crippen molar-refractivity contribution in [2.45, 2.75) is 59.3 Å². The van der Waals surface area contributed by atoms with Gasteiger partial charge in [-0.15, -0.1) is 0 Å². The minimum Gasteiger partial charge on any atom is -0.316 e. The molecule has 0 amide bonds. The molecule has 0 radical (unpaired) electrons. The second-order valence-electron chi connectivity index (χ2n) is 7.54. The van der Waals surface area contributed by atoms with E-state index in [0.717, 1.165) is 11.8 Å². The third-order valence-electron chi connectivity index (χ3n) is 5.44. The van der Waals surface area contributed by atoms with Crippen molar-refractivity contribution in [3.05, 3.63) is 0 Å². The van der Waals surface area contributed by atoms with Gasteiger partial charge in [0.25, 0.3) is 0 Å². The summed E-state index contributed by atoms with van der Waals surface area (Å²) in [4.78, 5) is 2.74. The summed E-state index contributed by atoms with van der Waals surface area (Å²) < 4.78 is 0. The summed E-state index contributed by atoms with van der Waals surface area (Å²) in [5.74, 6) is 1.88. The van der Waals surface area contributed by atoms with Gasteiger partial charge in [0.2, 0.25) is 0 Å². The van der Waals surface area contributed by atoms with Crippen LogP contribution in [0.2, 0.25) is 0 Å². The Balaban J connectivity index is 1.77. The quantitative estimate of drug-likeness (QED) is 0.819. The van der Waals surface area contributed by atoms with Crippen LogP contribution in [-0.2, 0) is 0 Å².